The van der Waals surface area contributed by atoms with E-state index in [0.717, 1.165) is 0 Å². The van der Waals surface area contributed by atoms with Crippen molar-refractivity contribution in [2.24, 2.45) is 0 Å². The second-order valence-electron chi connectivity index (χ2n) is 2.80. The van der Waals surface area contributed by atoms with Gasteiger partial charge in [0.1, 0.15) is 6.10 Å². The summed E-state index contributed by atoms with van der Waals surface area (Å²) in [6, 6.07) is 0. The van der Waals surface area contributed by atoms with Crippen molar-refractivity contribution in [2.45, 2.75) is 12.2 Å². The van der Waals surface area contributed by atoms with Crippen LogP contribution in [0, 0.1) is 0 Å². The maximum absolute atomic E-state index is 10.5. The smallest absolute Gasteiger partial charge is 0.756 e. The normalized spacial score (nSPS) is 20.5. The average molecular weight is 297 g/mol. The third-order valence-electron chi connectivity index (χ3n) is 1.48. The molecule has 0 amide bonds. The van der Waals surface area contributed by atoms with E-state index in [1.807, 2.05) is 0 Å². The van der Waals surface area contributed by atoms with E-state index in [1.165, 1.54) is 0 Å². The predicted octanol–water partition coefficient (Wildman–Crippen LogP) is -3.35. The third kappa shape index (κ3) is 7.13. The van der Waals surface area contributed by atoms with E-state index in [1.54, 1.807) is 0 Å². The van der Waals surface area contributed by atoms with Crippen LogP contribution in [0.3, 0.4) is 0 Å². The summed E-state index contributed by atoms with van der Waals surface area (Å²) in [5.41, 5.74) is 0. The first-order chi connectivity index (χ1) is 7.57. The summed E-state index contributed by atoms with van der Waals surface area (Å²) < 4.78 is 13.1. The van der Waals surface area contributed by atoms with Crippen molar-refractivity contribution in [3.05, 3.63) is 11.5 Å². The third-order valence-corrected chi connectivity index (χ3v) is 1.48. The maximum atomic E-state index is 10.5. The molecule has 0 fully saturated rings. The fraction of sp³-hybridized carbons (Fsp3) is 0.500. The zero-order valence-electron chi connectivity index (χ0n) is 8.83. The van der Waals surface area contributed by atoms with Crippen molar-refractivity contribution < 1.29 is 49.2 Å². The van der Waals surface area contributed by atoms with Crippen LogP contribution in [0.15, 0.2) is 11.5 Å². The van der Waals surface area contributed by atoms with Crippen molar-refractivity contribution in [2.75, 3.05) is 6.61 Å². The van der Waals surface area contributed by atoms with Gasteiger partial charge in [-0.15, -0.1) is 0 Å². The second kappa shape index (κ2) is 7.91. The van der Waals surface area contributed by atoms with Crippen molar-refractivity contribution >= 4 is 36.8 Å². The van der Waals surface area contributed by atoms with Crippen LogP contribution < -0.4 is 4.89 Å². The summed E-state index contributed by atoms with van der Waals surface area (Å²) in [7, 11) is -4.89. The van der Waals surface area contributed by atoms with Crippen LogP contribution >= 0.6 is 7.82 Å². The average Bonchev–Trinajstić information content (AvgIpc) is 2.42. The number of phosphoric acid groups is 1. The molecule has 6 N–H and O–H groups in total. The molecule has 0 unspecified atom stereocenters. The molecule has 0 aromatic heterocycles. The van der Waals surface area contributed by atoms with Gasteiger partial charge in [0.25, 0.3) is 7.82 Å². The van der Waals surface area contributed by atoms with E-state index < -0.39 is 44.1 Å². The van der Waals surface area contributed by atoms with E-state index in [0.29, 0.717) is 0 Å². The van der Waals surface area contributed by atoms with E-state index in [9.17, 15) is 4.79 Å². The number of aliphatic hydroxyl groups excluding tert-OH is 4. The van der Waals surface area contributed by atoms with Gasteiger partial charge in [-0.05, 0) is 0 Å². The minimum absolute atomic E-state index is 0. The summed E-state index contributed by atoms with van der Waals surface area (Å²) in [5, 5.41) is 35.0. The Bertz CT molecular complexity index is 353. The number of aliphatic hydroxyl groups is 4. The van der Waals surface area contributed by atoms with E-state index in [4.69, 9.17) is 39.7 Å². The van der Waals surface area contributed by atoms with Crippen molar-refractivity contribution in [1.29, 1.82) is 0 Å². The fourth-order valence-electron chi connectivity index (χ4n) is 0.823. The number of ether oxygens (including phenoxy) is 1. The number of cyclic esters (lactones) is 1. The summed E-state index contributed by atoms with van der Waals surface area (Å²) >= 11 is 0. The van der Waals surface area contributed by atoms with Crippen LogP contribution in [0.4, 0.5) is 0 Å². The molecule has 1 heterocycles. The first kappa shape index (κ1) is 19.9. The summed E-state index contributed by atoms with van der Waals surface area (Å²) in [5.74, 6) is -2.78. The molecule has 101 valence electrons. The molecule has 0 aromatic rings. The van der Waals surface area contributed by atoms with Crippen molar-refractivity contribution in [3.63, 3.8) is 0 Å². The first-order valence-electron chi connectivity index (χ1n) is 3.96. The van der Waals surface area contributed by atoms with Gasteiger partial charge in [-0.1, -0.05) is 0 Å². The topological polar surface area (TPSA) is 188 Å². The molecule has 1 rings (SSSR count). The minimum Gasteiger partial charge on any atom is -0.756 e. The molecule has 0 aliphatic carbocycles. The van der Waals surface area contributed by atoms with Crippen molar-refractivity contribution in [1.82, 2.24) is 0 Å². The fourth-order valence-corrected chi connectivity index (χ4v) is 0.823. The SMILES string of the molecule is O=C1O[C@H]([C@@H](O)CO)C(O)=C1O.O=P([O-])(O)O.[Mg+]. The molecular formula is C6H10MgO10P. The Morgan fingerprint density at radius 2 is 1.78 bits per heavy atom. The Hall–Kier alpha value is -0.394. The number of hydrogen-bond acceptors (Lipinski definition) is 8. The molecule has 0 bridgehead atoms. The molecule has 2 atom stereocenters. The van der Waals surface area contributed by atoms with Gasteiger partial charge in [-0.25, -0.2) is 4.79 Å². The number of carbonyl (C=O) groups is 1. The Labute approximate surface area is 117 Å². The van der Waals surface area contributed by atoms with Gasteiger partial charge in [0.2, 0.25) is 5.76 Å². The molecule has 12 heteroatoms. The molecule has 10 nitrogen and oxygen atoms in total. The second-order valence-corrected chi connectivity index (χ2v) is 3.78. The monoisotopic (exact) mass is 297 g/mol. The van der Waals surface area contributed by atoms with E-state index in [-0.39, 0.29) is 23.1 Å². The predicted molar refractivity (Wildman–Crippen MR) is 53.1 cm³/mol. The molecule has 0 aromatic carbocycles. The van der Waals surface area contributed by atoms with E-state index >= 15 is 0 Å². The molecule has 18 heavy (non-hydrogen) atoms. The summed E-state index contributed by atoms with van der Waals surface area (Å²) in [4.78, 5) is 33.5. The number of carbonyl (C=O) groups excluding carboxylic acids is 1. The van der Waals surface area contributed by atoms with Crippen LogP contribution in [0.25, 0.3) is 0 Å². The maximum Gasteiger partial charge on any atom is 1.00 e. The Morgan fingerprint density at radius 3 is 2.00 bits per heavy atom. The minimum atomic E-state index is -4.89. The first-order valence-corrected chi connectivity index (χ1v) is 5.49. The Morgan fingerprint density at radius 1 is 1.39 bits per heavy atom. The van der Waals surface area contributed by atoms with Crippen LogP contribution in [0.1, 0.15) is 0 Å². The molecule has 1 aliphatic rings. The molecule has 0 spiro atoms. The quantitative estimate of drug-likeness (QED) is 0.171. The summed E-state index contributed by atoms with van der Waals surface area (Å²) in [6.07, 6.45) is -2.78. The van der Waals surface area contributed by atoms with Gasteiger partial charge in [0.05, 0.1) is 6.61 Å². The number of hydrogen-bond donors (Lipinski definition) is 6. The van der Waals surface area contributed by atoms with Crippen LogP contribution in [0.5, 0.6) is 0 Å². The van der Waals surface area contributed by atoms with Crippen LogP contribution in [-0.2, 0) is 14.1 Å². The summed E-state index contributed by atoms with van der Waals surface area (Å²) in [6.45, 7) is -0.671. The molecule has 1 radical (unpaired) electrons. The largest absolute Gasteiger partial charge is 1.00 e. The molecular weight excluding hydrogens is 287 g/mol. The number of esters is 1. The standard InChI is InChI=1S/C6H8O6.Mg.H3O4P/c7-1-2(8)5-3(9)4(10)6(11)12-5;;1-5(2,3)4/h2,5,7-10H,1H2;;(H3,1,2,3,4)/q;+1;/p-1/t2-,5+;;/m0../s1. The Balaban J connectivity index is 0. The van der Waals surface area contributed by atoms with Gasteiger partial charge in [-0.3, -0.25) is 4.57 Å². The molecule has 0 saturated heterocycles. The van der Waals surface area contributed by atoms with Gasteiger partial charge >= 0.3 is 29.0 Å². The zero-order chi connectivity index (χ0) is 13.8. The molecule has 1 aliphatic heterocycles. The number of rotatable bonds is 2. The Kier molecular flexibility index (Phi) is 8.76. The van der Waals surface area contributed by atoms with Gasteiger partial charge in [-0.2, -0.15) is 0 Å². The zero-order valence-corrected chi connectivity index (χ0v) is 11.1. The molecule has 0 saturated carbocycles. The van der Waals surface area contributed by atoms with Gasteiger partial charge in [0, 0.05) is 0 Å². The van der Waals surface area contributed by atoms with Gasteiger partial charge in [0.15, 0.2) is 11.9 Å². The van der Waals surface area contributed by atoms with Gasteiger partial charge < -0.3 is 39.8 Å². The van der Waals surface area contributed by atoms with E-state index in [2.05, 4.69) is 4.74 Å². The van der Waals surface area contributed by atoms with Crippen LogP contribution in [-0.4, -0.2) is 78.0 Å². The van der Waals surface area contributed by atoms with Crippen molar-refractivity contribution in [3.8, 4) is 0 Å². The van der Waals surface area contributed by atoms with Crippen LogP contribution in [0.2, 0.25) is 0 Å².